The number of pyridine rings is 1. The Kier molecular flexibility index (Phi) is 11.5. The molecular weight excluding hydrogens is 724 g/mol. The Morgan fingerprint density at radius 3 is 2.43 bits per heavy atom. The van der Waals surface area contributed by atoms with Crippen LogP contribution in [0, 0.1) is 31.1 Å². The summed E-state index contributed by atoms with van der Waals surface area (Å²) in [6.07, 6.45) is 5.41. The normalized spacial score (nSPS) is 16.4. The summed E-state index contributed by atoms with van der Waals surface area (Å²) >= 11 is 6.79. The van der Waals surface area contributed by atoms with Crippen molar-refractivity contribution < 1.29 is 24.5 Å². The predicted octanol–water partition coefficient (Wildman–Crippen LogP) is 8.58. The van der Waals surface area contributed by atoms with Gasteiger partial charge in [-0.1, -0.05) is 73.1 Å². The van der Waals surface area contributed by atoms with E-state index in [1.165, 1.54) is 66.0 Å². The molecule has 1 fully saturated rings. The Labute approximate surface area is 333 Å². The summed E-state index contributed by atoms with van der Waals surface area (Å²) < 4.78 is 12.6. The van der Waals surface area contributed by atoms with Crippen molar-refractivity contribution in [2.24, 2.45) is 5.92 Å². The Morgan fingerprint density at radius 2 is 1.70 bits per heavy atom. The molecule has 0 spiro atoms. The SMILES string of the molecule is Cc1c(COc2cc(OCc3cncc(C#N)c3)c(CN[C@@](C)(CO)C(=O)O)cc2Cl)cccc1-c1cccc(-c2ccc3c(c2)CCC3N2CC(C)C2)c1C. The summed E-state index contributed by atoms with van der Waals surface area (Å²) in [7, 11) is 0. The molecule has 3 N–H and O–H groups in total. The second kappa shape index (κ2) is 16.5. The minimum absolute atomic E-state index is 0.0403. The van der Waals surface area contributed by atoms with Gasteiger partial charge in [0.15, 0.2) is 0 Å². The number of aliphatic hydroxyl groups excluding tert-OH is 1. The van der Waals surface area contributed by atoms with Gasteiger partial charge in [0.1, 0.15) is 36.3 Å². The number of nitrogens with one attached hydrogen (secondary N) is 1. The average molecular weight is 771 g/mol. The first kappa shape index (κ1) is 39.0. The minimum Gasteiger partial charge on any atom is -0.488 e. The van der Waals surface area contributed by atoms with E-state index < -0.39 is 18.1 Å². The van der Waals surface area contributed by atoms with Gasteiger partial charge in [-0.2, -0.15) is 5.26 Å². The van der Waals surface area contributed by atoms with Crippen molar-refractivity contribution in [1.82, 2.24) is 15.2 Å². The highest BCUT2D eigenvalue weighted by atomic mass is 35.5. The van der Waals surface area contributed by atoms with Gasteiger partial charge in [0.2, 0.25) is 0 Å². The molecule has 0 amide bonds. The monoisotopic (exact) mass is 770 g/mol. The number of rotatable bonds is 14. The fourth-order valence-electron chi connectivity index (χ4n) is 7.91. The number of halogens is 1. The van der Waals surface area contributed by atoms with Gasteiger partial charge in [-0.3, -0.25) is 20.0 Å². The van der Waals surface area contributed by atoms with Crippen LogP contribution < -0.4 is 14.8 Å². The molecule has 1 saturated heterocycles. The number of nitriles is 1. The number of fused-ring (bicyclic) bond motifs is 1. The van der Waals surface area contributed by atoms with Gasteiger partial charge in [0.25, 0.3) is 0 Å². The molecule has 1 aliphatic carbocycles. The number of aryl methyl sites for hydroxylation is 1. The summed E-state index contributed by atoms with van der Waals surface area (Å²) in [6, 6.07) is 27.5. The molecule has 1 aliphatic heterocycles. The molecule has 0 radical (unpaired) electrons. The standard InChI is InChI=1S/C46H47ClN4O5/c1-28-23-51(24-28)42-14-12-34-16-33(11-13-40(34)42)37-8-6-10-39(30(37)3)38-9-5-7-35(29(38)2)26-56-44-18-43(55-25-32-15-31(19-48)20-49-21-32)36(17-41(44)47)22-50-46(4,27-52)45(53)54/h5-11,13,15-18,20-21,28,42,50,52H,12,14,22-27H2,1-4H3,(H,53,54)/t42?,46-/m0/s1. The second-order valence-corrected chi connectivity index (χ2v) is 15.8. The van der Waals surface area contributed by atoms with E-state index in [1.807, 2.05) is 12.1 Å². The highest BCUT2D eigenvalue weighted by Gasteiger charge is 2.35. The van der Waals surface area contributed by atoms with E-state index in [2.05, 4.69) is 84.5 Å². The lowest BCUT2D eigenvalue weighted by Crippen LogP contribution is -2.52. The first-order valence-electron chi connectivity index (χ1n) is 19.0. The summed E-state index contributed by atoms with van der Waals surface area (Å²) in [6.45, 7) is 10.2. The number of aliphatic carboxylic acids is 1. The van der Waals surface area contributed by atoms with Crippen LogP contribution in [0.25, 0.3) is 22.3 Å². The largest absolute Gasteiger partial charge is 0.488 e. The Balaban J connectivity index is 1.12. The Hall–Kier alpha value is -5.24. The Morgan fingerprint density at radius 1 is 0.964 bits per heavy atom. The number of benzene rings is 4. The van der Waals surface area contributed by atoms with E-state index in [-0.39, 0.29) is 19.8 Å². The summed E-state index contributed by atoms with van der Waals surface area (Å²) in [5, 5.41) is 32.0. The smallest absolute Gasteiger partial charge is 0.326 e. The van der Waals surface area contributed by atoms with Gasteiger partial charge in [-0.05, 0) is 102 Å². The molecule has 10 heteroatoms. The highest BCUT2D eigenvalue weighted by molar-refractivity contribution is 6.32. The van der Waals surface area contributed by atoms with Gasteiger partial charge >= 0.3 is 5.97 Å². The summed E-state index contributed by atoms with van der Waals surface area (Å²) in [4.78, 5) is 18.6. The molecule has 2 heterocycles. The number of aliphatic hydroxyl groups is 1. The molecule has 2 aliphatic rings. The van der Waals surface area contributed by atoms with Gasteiger partial charge in [0.05, 0.1) is 17.2 Å². The van der Waals surface area contributed by atoms with Gasteiger partial charge in [0, 0.05) is 55.3 Å². The van der Waals surface area contributed by atoms with E-state index in [0.717, 1.165) is 29.0 Å². The van der Waals surface area contributed by atoms with Crippen LogP contribution in [0.1, 0.15) is 70.8 Å². The van der Waals surface area contributed by atoms with Crippen LogP contribution in [0.3, 0.4) is 0 Å². The van der Waals surface area contributed by atoms with Crippen molar-refractivity contribution in [3.63, 3.8) is 0 Å². The number of carboxylic acids is 1. The number of carboxylic acid groups (broad SMARTS) is 1. The third-order valence-electron chi connectivity index (χ3n) is 11.4. The molecule has 56 heavy (non-hydrogen) atoms. The number of hydrogen-bond acceptors (Lipinski definition) is 8. The van der Waals surface area contributed by atoms with Crippen LogP contribution in [0.2, 0.25) is 5.02 Å². The lowest BCUT2D eigenvalue weighted by molar-refractivity contribution is -0.145. The zero-order valence-electron chi connectivity index (χ0n) is 32.2. The maximum absolute atomic E-state index is 11.9. The summed E-state index contributed by atoms with van der Waals surface area (Å²) in [5.41, 5.74) is 11.2. The molecular formula is C46H47ClN4O5. The van der Waals surface area contributed by atoms with Crippen molar-refractivity contribution in [1.29, 1.82) is 5.26 Å². The number of aromatic nitrogens is 1. The molecule has 2 atom stereocenters. The lowest BCUT2D eigenvalue weighted by atomic mass is 9.88. The molecule has 1 aromatic heterocycles. The van der Waals surface area contributed by atoms with Crippen LogP contribution in [0.4, 0.5) is 0 Å². The fraction of sp³-hybridized carbons (Fsp3) is 0.326. The van der Waals surface area contributed by atoms with Gasteiger partial charge in [-0.15, -0.1) is 0 Å². The van der Waals surface area contributed by atoms with Crippen LogP contribution in [0.15, 0.2) is 85.2 Å². The quantitative estimate of drug-likeness (QED) is 0.102. The highest BCUT2D eigenvalue weighted by Crippen LogP contribution is 2.42. The van der Waals surface area contributed by atoms with E-state index in [0.29, 0.717) is 39.3 Å². The molecule has 0 saturated carbocycles. The zero-order chi connectivity index (χ0) is 39.6. The van der Waals surface area contributed by atoms with Crippen molar-refractivity contribution in [3.8, 4) is 39.8 Å². The summed E-state index contributed by atoms with van der Waals surface area (Å²) in [5.74, 6) is 0.397. The van der Waals surface area contributed by atoms with Crippen LogP contribution in [-0.4, -0.2) is 51.3 Å². The average Bonchev–Trinajstić information content (AvgIpc) is 3.61. The minimum atomic E-state index is -1.58. The number of ether oxygens (including phenoxy) is 2. The topological polar surface area (TPSA) is 128 Å². The first-order valence-corrected chi connectivity index (χ1v) is 19.4. The first-order chi connectivity index (χ1) is 27.0. The lowest BCUT2D eigenvalue weighted by Gasteiger charge is -2.42. The van der Waals surface area contributed by atoms with Gasteiger partial charge < -0.3 is 19.7 Å². The second-order valence-electron chi connectivity index (χ2n) is 15.4. The van der Waals surface area contributed by atoms with E-state index in [4.69, 9.17) is 21.1 Å². The zero-order valence-corrected chi connectivity index (χ0v) is 33.0. The number of nitrogens with zero attached hydrogens (tertiary/aromatic N) is 3. The van der Waals surface area contributed by atoms with E-state index in [9.17, 15) is 20.3 Å². The van der Waals surface area contributed by atoms with Crippen molar-refractivity contribution in [3.05, 3.63) is 135 Å². The number of hydrogen-bond donors (Lipinski definition) is 3. The van der Waals surface area contributed by atoms with Crippen molar-refractivity contribution in [2.75, 3.05) is 19.7 Å². The molecule has 1 unspecified atom stereocenters. The van der Waals surface area contributed by atoms with Gasteiger partial charge in [-0.25, -0.2) is 0 Å². The van der Waals surface area contributed by atoms with Crippen molar-refractivity contribution >= 4 is 17.6 Å². The Bertz CT molecular complexity index is 2320. The predicted molar refractivity (Wildman–Crippen MR) is 218 cm³/mol. The van der Waals surface area contributed by atoms with Crippen LogP contribution in [-0.2, 0) is 31.0 Å². The molecule has 0 bridgehead atoms. The van der Waals surface area contributed by atoms with E-state index >= 15 is 0 Å². The molecule has 4 aromatic carbocycles. The van der Waals surface area contributed by atoms with E-state index in [1.54, 1.807) is 24.4 Å². The third-order valence-corrected chi connectivity index (χ3v) is 11.7. The maximum Gasteiger partial charge on any atom is 0.326 e. The number of carbonyl (C=O) groups is 1. The van der Waals surface area contributed by atoms with Crippen LogP contribution >= 0.6 is 11.6 Å². The molecule has 288 valence electrons. The maximum atomic E-state index is 11.9. The van der Waals surface area contributed by atoms with Crippen LogP contribution in [0.5, 0.6) is 11.5 Å². The van der Waals surface area contributed by atoms with Crippen molar-refractivity contribution in [2.45, 2.75) is 71.9 Å². The fourth-order valence-corrected chi connectivity index (χ4v) is 8.15. The molecule has 5 aromatic rings. The number of likely N-dealkylation sites (tertiary alicyclic amines) is 1. The molecule has 9 nitrogen and oxygen atoms in total. The third kappa shape index (κ3) is 8.02. The molecule has 7 rings (SSSR count).